The minimum absolute atomic E-state index is 0.0974. The third kappa shape index (κ3) is 3.99. The third-order valence-electron chi connectivity index (χ3n) is 5.10. The Morgan fingerprint density at radius 2 is 1.48 bits per heavy atom. The van der Waals surface area contributed by atoms with Gasteiger partial charge in [-0.1, -0.05) is 73.7 Å². The summed E-state index contributed by atoms with van der Waals surface area (Å²) in [5.74, 6) is -0.00497. The lowest BCUT2D eigenvalue weighted by molar-refractivity contribution is -0.131. The number of benzene rings is 3. The van der Waals surface area contributed by atoms with Crippen LogP contribution in [-0.2, 0) is 9.59 Å². The van der Waals surface area contributed by atoms with Crippen molar-refractivity contribution in [2.45, 2.75) is 25.0 Å². The van der Waals surface area contributed by atoms with Gasteiger partial charge in [0, 0.05) is 17.2 Å². The van der Waals surface area contributed by atoms with Crippen LogP contribution in [0.1, 0.15) is 30.0 Å². The second kappa shape index (κ2) is 8.19. The van der Waals surface area contributed by atoms with Gasteiger partial charge in [-0.05, 0) is 23.8 Å². The maximum atomic E-state index is 13.0. The first-order valence-corrected chi connectivity index (χ1v) is 9.60. The first kappa shape index (κ1) is 18.7. The predicted octanol–water partition coefficient (Wildman–Crippen LogP) is 4.05. The fourth-order valence-electron chi connectivity index (χ4n) is 3.55. The molecule has 1 aliphatic rings. The zero-order valence-electron chi connectivity index (χ0n) is 16.0. The van der Waals surface area contributed by atoms with Crippen LogP contribution in [0.3, 0.4) is 0 Å². The number of anilines is 1. The Labute approximate surface area is 169 Å². The normalized spacial score (nSPS) is 18.2. The van der Waals surface area contributed by atoms with Crippen LogP contribution in [0.4, 0.5) is 5.69 Å². The first-order chi connectivity index (χ1) is 14.1. The molecule has 2 amide bonds. The van der Waals surface area contributed by atoms with Crippen molar-refractivity contribution in [2.75, 3.05) is 5.32 Å². The number of para-hydroxylation sites is 2. The minimum Gasteiger partial charge on any atom is -0.480 e. The van der Waals surface area contributed by atoms with Crippen LogP contribution >= 0.6 is 0 Å². The predicted molar refractivity (Wildman–Crippen MR) is 112 cm³/mol. The number of carbonyl (C=O) groups excluding carboxylic acids is 2. The molecule has 0 bridgehead atoms. The standard InChI is InChI=1S/C24H22N2O3/c1-16-19-14-8-9-15-20(19)29-22(16)24(28)26-21(17-10-4-2-5-11-17)23(27)25-18-12-6-3-7-13-18/h2-16,21-22H,1H3,(H,25,27)(H,26,28). The van der Waals surface area contributed by atoms with Crippen molar-refractivity contribution in [1.82, 2.24) is 5.32 Å². The van der Waals surface area contributed by atoms with Gasteiger partial charge in [0.15, 0.2) is 6.10 Å². The number of amides is 2. The van der Waals surface area contributed by atoms with Gasteiger partial charge in [-0.25, -0.2) is 0 Å². The molecule has 3 aromatic rings. The minimum atomic E-state index is -0.830. The van der Waals surface area contributed by atoms with Gasteiger partial charge in [-0.15, -0.1) is 0 Å². The van der Waals surface area contributed by atoms with E-state index in [9.17, 15) is 9.59 Å². The van der Waals surface area contributed by atoms with E-state index in [1.54, 1.807) is 12.1 Å². The second-order valence-corrected chi connectivity index (χ2v) is 7.07. The summed E-state index contributed by atoms with van der Waals surface area (Å²) in [6.45, 7) is 1.96. The van der Waals surface area contributed by atoms with Crippen molar-refractivity contribution in [3.63, 3.8) is 0 Å². The van der Waals surface area contributed by atoms with Crippen molar-refractivity contribution >= 4 is 17.5 Å². The number of hydrogen-bond donors (Lipinski definition) is 2. The number of nitrogens with one attached hydrogen (secondary N) is 2. The summed E-state index contributed by atoms with van der Waals surface area (Å²) >= 11 is 0. The van der Waals surface area contributed by atoms with E-state index in [4.69, 9.17) is 4.74 Å². The Morgan fingerprint density at radius 1 is 0.862 bits per heavy atom. The van der Waals surface area contributed by atoms with Crippen LogP contribution < -0.4 is 15.4 Å². The highest BCUT2D eigenvalue weighted by atomic mass is 16.5. The van der Waals surface area contributed by atoms with Gasteiger partial charge in [0.2, 0.25) is 0 Å². The highest BCUT2D eigenvalue weighted by Gasteiger charge is 2.38. The van der Waals surface area contributed by atoms with Crippen LogP contribution in [0.2, 0.25) is 0 Å². The molecule has 1 heterocycles. The molecule has 146 valence electrons. The largest absolute Gasteiger partial charge is 0.480 e. The van der Waals surface area contributed by atoms with Gasteiger partial charge < -0.3 is 15.4 Å². The number of fused-ring (bicyclic) bond motifs is 1. The molecule has 0 saturated carbocycles. The van der Waals surface area contributed by atoms with Gasteiger partial charge in [-0.2, -0.15) is 0 Å². The molecule has 1 aliphatic heterocycles. The van der Waals surface area contributed by atoms with E-state index < -0.39 is 12.1 Å². The number of ether oxygens (including phenoxy) is 1. The Morgan fingerprint density at radius 3 is 2.17 bits per heavy atom. The van der Waals surface area contributed by atoms with Crippen LogP contribution in [0.15, 0.2) is 84.9 Å². The molecule has 3 aromatic carbocycles. The molecular weight excluding hydrogens is 364 g/mol. The molecule has 0 saturated heterocycles. The van der Waals surface area contributed by atoms with Gasteiger partial charge in [0.25, 0.3) is 11.8 Å². The average Bonchev–Trinajstić information content (AvgIpc) is 3.10. The SMILES string of the molecule is CC1c2ccccc2OC1C(=O)NC(C(=O)Nc1ccccc1)c1ccccc1. The second-order valence-electron chi connectivity index (χ2n) is 7.07. The summed E-state index contributed by atoms with van der Waals surface area (Å²) in [6, 6.07) is 25.2. The molecule has 0 radical (unpaired) electrons. The van der Waals surface area contributed by atoms with Crippen molar-refractivity contribution < 1.29 is 14.3 Å². The van der Waals surface area contributed by atoms with Crippen molar-refractivity contribution in [1.29, 1.82) is 0 Å². The summed E-state index contributed by atoms with van der Waals surface area (Å²) in [5, 5.41) is 5.75. The van der Waals surface area contributed by atoms with Crippen LogP contribution in [0, 0.1) is 0 Å². The lowest BCUT2D eigenvalue weighted by Gasteiger charge is -2.22. The van der Waals surface area contributed by atoms with Crippen molar-refractivity contribution in [3.05, 3.63) is 96.1 Å². The Kier molecular flexibility index (Phi) is 5.29. The monoisotopic (exact) mass is 386 g/mol. The van der Waals surface area contributed by atoms with Gasteiger partial charge >= 0.3 is 0 Å². The fourth-order valence-corrected chi connectivity index (χ4v) is 3.55. The lowest BCUT2D eigenvalue weighted by atomic mass is 9.96. The maximum Gasteiger partial charge on any atom is 0.262 e. The topological polar surface area (TPSA) is 67.4 Å². The smallest absolute Gasteiger partial charge is 0.262 e. The zero-order chi connectivity index (χ0) is 20.2. The van der Waals surface area contributed by atoms with Crippen LogP contribution in [-0.4, -0.2) is 17.9 Å². The van der Waals surface area contributed by atoms with E-state index in [0.29, 0.717) is 17.0 Å². The van der Waals surface area contributed by atoms with E-state index in [1.165, 1.54) is 0 Å². The molecule has 4 rings (SSSR count). The molecule has 0 aliphatic carbocycles. The molecule has 2 N–H and O–H groups in total. The third-order valence-corrected chi connectivity index (χ3v) is 5.10. The zero-order valence-corrected chi connectivity index (χ0v) is 16.0. The van der Waals surface area contributed by atoms with E-state index in [2.05, 4.69) is 10.6 Å². The molecule has 5 nitrogen and oxygen atoms in total. The van der Waals surface area contributed by atoms with Crippen molar-refractivity contribution in [2.24, 2.45) is 0 Å². The highest BCUT2D eigenvalue weighted by molar-refractivity contribution is 5.98. The molecule has 29 heavy (non-hydrogen) atoms. The molecule has 0 spiro atoms. The van der Waals surface area contributed by atoms with E-state index in [1.807, 2.05) is 79.7 Å². The maximum absolute atomic E-state index is 13.0. The van der Waals surface area contributed by atoms with Crippen molar-refractivity contribution in [3.8, 4) is 5.75 Å². The van der Waals surface area contributed by atoms with E-state index in [0.717, 1.165) is 5.56 Å². The summed E-state index contributed by atoms with van der Waals surface area (Å²) in [7, 11) is 0. The Bertz CT molecular complexity index is 1000. The molecule has 5 heteroatoms. The first-order valence-electron chi connectivity index (χ1n) is 9.60. The highest BCUT2D eigenvalue weighted by Crippen LogP contribution is 2.37. The summed E-state index contributed by atoms with van der Waals surface area (Å²) in [5.41, 5.74) is 2.38. The van der Waals surface area contributed by atoms with E-state index in [-0.39, 0.29) is 17.7 Å². The number of carbonyl (C=O) groups is 2. The van der Waals surface area contributed by atoms with Gasteiger partial charge in [0.05, 0.1) is 0 Å². The summed E-state index contributed by atoms with van der Waals surface area (Å²) < 4.78 is 5.87. The number of rotatable bonds is 5. The average molecular weight is 386 g/mol. The quantitative estimate of drug-likeness (QED) is 0.695. The van der Waals surface area contributed by atoms with Gasteiger partial charge in [0.1, 0.15) is 11.8 Å². The summed E-state index contributed by atoms with van der Waals surface area (Å²) in [4.78, 5) is 26.0. The Hall–Kier alpha value is -3.60. The molecular formula is C24H22N2O3. The van der Waals surface area contributed by atoms with E-state index >= 15 is 0 Å². The molecule has 3 unspecified atom stereocenters. The molecule has 0 aromatic heterocycles. The van der Waals surface area contributed by atoms with Crippen LogP contribution in [0.5, 0.6) is 5.75 Å². The van der Waals surface area contributed by atoms with Gasteiger partial charge in [-0.3, -0.25) is 9.59 Å². The number of hydrogen-bond acceptors (Lipinski definition) is 3. The fraction of sp³-hybridized carbons (Fsp3) is 0.167. The molecule has 3 atom stereocenters. The Balaban J connectivity index is 1.54. The molecule has 0 fully saturated rings. The summed E-state index contributed by atoms with van der Waals surface area (Å²) in [6.07, 6.45) is -0.678. The van der Waals surface area contributed by atoms with Crippen LogP contribution in [0.25, 0.3) is 0 Å². The lowest BCUT2D eigenvalue weighted by Crippen LogP contribution is -2.44.